The van der Waals surface area contributed by atoms with Crippen LogP contribution in [0.5, 0.6) is 11.5 Å². The van der Waals surface area contributed by atoms with E-state index in [1.54, 1.807) is 55.5 Å². The van der Waals surface area contributed by atoms with Crippen molar-refractivity contribution >= 4 is 50.7 Å². The number of nitrogens with one attached hydrogen (secondary N) is 1. The summed E-state index contributed by atoms with van der Waals surface area (Å²) in [6.07, 6.45) is 1.96. The van der Waals surface area contributed by atoms with Gasteiger partial charge in [-0.25, -0.2) is 8.42 Å². The second-order valence-electron chi connectivity index (χ2n) is 9.70. The number of hydrogen-bond donors (Lipinski definition) is 1. The SMILES string of the molecule is CCCCNC(=O)C(CC)N(Cc1ccc(Cl)c(Cl)c1)C(=O)CN(c1cc(OC)ccc1OC)S(=O)(=O)c1ccccc1. The van der Waals surface area contributed by atoms with Gasteiger partial charge in [-0.05, 0) is 54.8 Å². The number of sulfonamides is 1. The molecular formula is C31H37Cl2N3O6S. The van der Waals surface area contributed by atoms with E-state index < -0.39 is 28.5 Å². The number of rotatable bonds is 15. The molecule has 0 aliphatic rings. The first-order valence-corrected chi connectivity index (χ1v) is 16.1. The fourth-order valence-electron chi connectivity index (χ4n) is 4.49. The second-order valence-corrected chi connectivity index (χ2v) is 12.4. The molecule has 232 valence electrons. The highest BCUT2D eigenvalue weighted by atomic mass is 35.5. The number of anilines is 1. The van der Waals surface area contributed by atoms with Crippen LogP contribution in [0.4, 0.5) is 5.69 Å². The van der Waals surface area contributed by atoms with E-state index in [-0.39, 0.29) is 28.8 Å². The fraction of sp³-hybridized carbons (Fsp3) is 0.355. The first-order valence-electron chi connectivity index (χ1n) is 13.9. The average molecular weight is 651 g/mol. The van der Waals surface area contributed by atoms with E-state index in [0.29, 0.717) is 34.3 Å². The van der Waals surface area contributed by atoms with E-state index in [0.717, 1.165) is 17.1 Å². The van der Waals surface area contributed by atoms with Crippen LogP contribution < -0.4 is 19.1 Å². The number of hydrogen-bond acceptors (Lipinski definition) is 6. The number of amides is 2. The molecule has 0 saturated heterocycles. The number of ether oxygens (including phenoxy) is 2. The van der Waals surface area contributed by atoms with Gasteiger partial charge < -0.3 is 19.7 Å². The molecule has 0 heterocycles. The van der Waals surface area contributed by atoms with Gasteiger partial charge in [-0.2, -0.15) is 0 Å². The number of methoxy groups -OCH3 is 2. The van der Waals surface area contributed by atoms with Crippen molar-refractivity contribution in [3.8, 4) is 11.5 Å². The van der Waals surface area contributed by atoms with Crippen LogP contribution in [0.3, 0.4) is 0 Å². The number of carbonyl (C=O) groups is 2. The maximum absolute atomic E-state index is 14.3. The second kappa shape index (κ2) is 15.8. The zero-order chi connectivity index (χ0) is 31.6. The predicted octanol–water partition coefficient (Wildman–Crippen LogP) is 5.93. The Morgan fingerprint density at radius 3 is 2.26 bits per heavy atom. The lowest BCUT2D eigenvalue weighted by atomic mass is 10.1. The first kappa shape index (κ1) is 34.0. The Kier molecular flexibility index (Phi) is 12.5. The Hall–Kier alpha value is -3.47. The molecule has 0 fully saturated rings. The molecule has 0 bridgehead atoms. The van der Waals surface area contributed by atoms with Crippen LogP contribution in [-0.2, 0) is 26.2 Å². The largest absolute Gasteiger partial charge is 0.497 e. The lowest BCUT2D eigenvalue weighted by Gasteiger charge is -2.33. The molecule has 2 amide bonds. The summed E-state index contributed by atoms with van der Waals surface area (Å²) in [5.41, 5.74) is 0.730. The summed E-state index contributed by atoms with van der Waals surface area (Å²) in [6, 6.07) is 16.5. The average Bonchev–Trinajstić information content (AvgIpc) is 3.01. The molecule has 0 aliphatic heterocycles. The van der Waals surface area contributed by atoms with Crippen LogP contribution in [-0.4, -0.2) is 58.5 Å². The Balaban J connectivity index is 2.12. The normalized spacial score (nSPS) is 11.9. The molecule has 0 aliphatic carbocycles. The Morgan fingerprint density at radius 2 is 1.65 bits per heavy atom. The van der Waals surface area contributed by atoms with Crippen molar-refractivity contribution in [1.29, 1.82) is 0 Å². The zero-order valence-corrected chi connectivity index (χ0v) is 27.0. The van der Waals surface area contributed by atoms with Crippen LogP contribution in [0.1, 0.15) is 38.7 Å². The van der Waals surface area contributed by atoms with Gasteiger partial charge >= 0.3 is 0 Å². The minimum Gasteiger partial charge on any atom is -0.497 e. The van der Waals surface area contributed by atoms with Crippen molar-refractivity contribution in [2.75, 3.05) is 31.6 Å². The molecule has 0 aromatic heterocycles. The molecule has 1 N–H and O–H groups in total. The molecular weight excluding hydrogens is 613 g/mol. The summed E-state index contributed by atoms with van der Waals surface area (Å²) in [7, 11) is -1.42. The minimum atomic E-state index is -4.28. The van der Waals surface area contributed by atoms with Crippen molar-refractivity contribution in [1.82, 2.24) is 10.2 Å². The van der Waals surface area contributed by atoms with E-state index in [2.05, 4.69) is 5.32 Å². The van der Waals surface area contributed by atoms with Crippen LogP contribution in [0.25, 0.3) is 0 Å². The lowest BCUT2D eigenvalue weighted by molar-refractivity contribution is -0.140. The van der Waals surface area contributed by atoms with Gasteiger partial charge in [-0.15, -0.1) is 0 Å². The fourth-order valence-corrected chi connectivity index (χ4v) is 6.24. The maximum Gasteiger partial charge on any atom is 0.264 e. The number of halogens is 2. The maximum atomic E-state index is 14.3. The van der Waals surface area contributed by atoms with Gasteiger partial charge in [-0.1, -0.05) is 67.7 Å². The van der Waals surface area contributed by atoms with Gasteiger partial charge in [0.1, 0.15) is 24.1 Å². The van der Waals surface area contributed by atoms with Crippen molar-refractivity contribution in [3.05, 3.63) is 82.3 Å². The molecule has 9 nitrogen and oxygen atoms in total. The Bertz CT molecular complexity index is 1500. The Labute approximate surface area is 263 Å². The zero-order valence-electron chi connectivity index (χ0n) is 24.7. The molecule has 3 rings (SSSR count). The van der Waals surface area contributed by atoms with Gasteiger partial charge in [0.2, 0.25) is 11.8 Å². The van der Waals surface area contributed by atoms with E-state index >= 15 is 0 Å². The van der Waals surface area contributed by atoms with E-state index in [9.17, 15) is 18.0 Å². The summed E-state index contributed by atoms with van der Waals surface area (Å²) in [6.45, 7) is 3.63. The molecule has 0 radical (unpaired) electrons. The topological polar surface area (TPSA) is 105 Å². The quantitative estimate of drug-likeness (QED) is 0.205. The number of unbranched alkanes of at least 4 members (excludes halogenated alkanes) is 1. The lowest BCUT2D eigenvalue weighted by Crippen LogP contribution is -2.52. The predicted molar refractivity (Wildman–Crippen MR) is 170 cm³/mol. The van der Waals surface area contributed by atoms with Gasteiger partial charge in [0, 0.05) is 19.2 Å². The van der Waals surface area contributed by atoms with Gasteiger partial charge in [0.25, 0.3) is 10.0 Å². The highest BCUT2D eigenvalue weighted by Gasteiger charge is 2.35. The van der Waals surface area contributed by atoms with Crippen LogP contribution in [0.2, 0.25) is 10.0 Å². The van der Waals surface area contributed by atoms with E-state index in [1.807, 2.05) is 6.92 Å². The van der Waals surface area contributed by atoms with Gasteiger partial charge in [0.15, 0.2) is 0 Å². The summed E-state index contributed by atoms with van der Waals surface area (Å²) in [5, 5.41) is 3.54. The molecule has 0 saturated carbocycles. The van der Waals surface area contributed by atoms with Crippen molar-refractivity contribution in [2.24, 2.45) is 0 Å². The summed E-state index contributed by atoms with van der Waals surface area (Å²) in [5.74, 6) is -0.354. The third-order valence-electron chi connectivity index (χ3n) is 6.82. The van der Waals surface area contributed by atoms with Crippen molar-refractivity contribution in [3.63, 3.8) is 0 Å². The van der Waals surface area contributed by atoms with Crippen molar-refractivity contribution in [2.45, 2.75) is 50.6 Å². The highest BCUT2D eigenvalue weighted by molar-refractivity contribution is 7.92. The molecule has 1 unspecified atom stereocenters. The first-order chi connectivity index (χ1) is 20.6. The van der Waals surface area contributed by atoms with Crippen LogP contribution in [0, 0.1) is 0 Å². The molecule has 0 spiro atoms. The molecule has 3 aromatic carbocycles. The Morgan fingerprint density at radius 1 is 0.930 bits per heavy atom. The summed E-state index contributed by atoms with van der Waals surface area (Å²) in [4.78, 5) is 29.0. The standard InChI is InChI=1S/C31H37Cl2N3O6S/c1-5-7-17-34-31(38)27(6-2)35(20-22-13-15-25(32)26(33)18-22)30(37)21-36(43(39,40)24-11-9-8-10-12-24)28-19-23(41-3)14-16-29(28)42-4/h8-16,18-19,27H,5-7,17,20-21H2,1-4H3,(H,34,38). The number of carbonyl (C=O) groups excluding carboxylic acids is 2. The number of benzene rings is 3. The third-order valence-corrected chi connectivity index (χ3v) is 9.33. The highest BCUT2D eigenvalue weighted by Crippen LogP contribution is 2.36. The van der Waals surface area contributed by atoms with E-state index in [4.69, 9.17) is 32.7 Å². The van der Waals surface area contributed by atoms with E-state index in [1.165, 1.54) is 37.3 Å². The van der Waals surface area contributed by atoms with Crippen molar-refractivity contribution < 1.29 is 27.5 Å². The molecule has 12 heteroatoms. The third kappa shape index (κ3) is 8.55. The summed E-state index contributed by atoms with van der Waals surface area (Å²) < 4.78 is 40.0. The van der Waals surface area contributed by atoms with Crippen LogP contribution in [0.15, 0.2) is 71.6 Å². The van der Waals surface area contributed by atoms with Gasteiger partial charge in [-0.3, -0.25) is 13.9 Å². The smallest absolute Gasteiger partial charge is 0.264 e. The number of nitrogens with zero attached hydrogens (tertiary/aromatic N) is 2. The summed E-state index contributed by atoms with van der Waals surface area (Å²) >= 11 is 12.4. The van der Waals surface area contributed by atoms with Gasteiger partial charge in [0.05, 0.1) is 34.8 Å². The molecule has 1 atom stereocenters. The molecule has 43 heavy (non-hydrogen) atoms. The molecule has 3 aromatic rings. The monoisotopic (exact) mass is 649 g/mol. The van der Waals surface area contributed by atoms with Crippen LogP contribution >= 0.6 is 23.2 Å². The minimum absolute atomic E-state index is 0.0100.